The van der Waals surface area contributed by atoms with E-state index in [-0.39, 0.29) is 17.9 Å². The molecule has 2 rings (SSSR count). The Morgan fingerprint density at radius 2 is 2.35 bits per heavy atom. The van der Waals surface area contributed by atoms with E-state index in [0.717, 1.165) is 37.1 Å². The molecule has 1 aliphatic carbocycles. The van der Waals surface area contributed by atoms with E-state index in [1.54, 1.807) is 10.9 Å². The predicted molar refractivity (Wildman–Crippen MR) is 66.5 cm³/mol. The number of aromatic nitrogens is 2. The molecule has 1 aromatic rings. The average molecular weight is 236 g/mol. The monoisotopic (exact) mass is 236 g/mol. The lowest BCUT2D eigenvalue weighted by molar-refractivity contribution is -0.120. The maximum atomic E-state index is 12.1. The van der Waals surface area contributed by atoms with Crippen molar-refractivity contribution < 1.29 is 4.79 Å². The van der Waals surface area contributed by atoms with Crippen LogP contribution in [0.3, 0.4) is 0 Å². The lowest BCUT2D eigenvalue weighted by atomic mass is 9.85. The normalized spacial score (nSPS) is 24.6. The fourth-order valence-corrected chi connectivity index (χ4v) is 2.32. The first-order chi connectivity index (χ1) is 8.08. The molecule has 0 spiro atoms. The molecule has 0 bridgehead atoms. The Labute approximate surface area is 101 Å². The van der Waals surface area contributed by atoms with Crippen molar-refractivity contribution in [2.45, 2.75) is 38.6 Å². The molecule has 1 saturated carbocycles. The molecule has 0 radical (unpaired) electrons. The van der Waals surface area contributed by atoms with Gasteiger partial charge in [0.25, 0.3) is 0 Å². The Hall–Kier alpha value is -1.36. The summed E-state index contributed by atoms with van der Waals surface area (Å²) >= 11 is 0. The minimum absolute atomic E-state index is 0.0540. The van der Waals surface area contributed by atoms with E-state index >= 15 is 0 Å². The van der Waals surface area contributed by atoms with Gasteiger partial charge in [0.15, 0.2) is 0 Å². The molecule has 17 heavy (non-hydrogen) atoms. The van der Waals surface area contributed by atoms with Crippen LogP contribution in [0.15, 0.2) is 6.20 Å². The quantitative estimate of drug-likeness (QED) is 0.810. The van der Waals surface area contributed by atoms with Crippen molar-refractivity contribution in [2.75, 3.05) is 5.32 Å². The van der Waals surface area contributed by atoms with Crippen molar-refractivity contribution in [1.82, 2.24) is 9.78 Å². The summed E-state index contributed by atoms with van der Waals surface area (Å²) in [5.74, 6) is 0.134. The van der Waals surface area contributed by atoms with Gasteiger partial charge in [-0.2, -0.15) is 5.10 Å². The number of hydrogen-bond donors (Lipinski definition) is 2. The van der Waals surface area contributed by atoms with Gasteiger partial charge in [-0.3, -0.25) is 9.48 Å². The number of nitrogens with zero attached hydrogens (tertiary/aromatic N) is 2. The van der Waals surface area contributed by atoms with Crippen molar-refractivity contribution in [3.63, 3.8) is 0 Å². The minimum Gasteiger partial charge on any atom is -0.328 e. The highest BCUT2D eigenvalue weighted by molar-refractivity contribution is 5.93. The summed E-state index contributed by atoms with van der Waals surface area (Å²) in [6.07, 6.45) is 5.51. The second-order valence-corrected chi connectivity index (χ2v) is 4.88. The molecule has 1 amide bonds. The van der Waals surface area contributed by atoms with E-state index < -0.39 is 0 Å². The average Bonchev–Trinajstić information content (AvgIpc) is 2.61. The highest BCUT2D eigenvalue weighted by Crippen LogP contribution is 2.25. The number of nitrogens with two attached hydrogens (primary N) is 1. The van der Waals surface area contributed by atoms with Gasteiger partial charge in [-0.25, -0.2) is 0 Å². The Balaban J connectivity index is 1.99. The van der Waals surface area contributed by atoms with Crippen LogP contribution in [0.2, 0.25) is 0 Å². The molecule has 1 fully saturated rings. The molecule has 1 aromatic heterocycles. The van der Waals surface area contributed by atoms with Gasteiger partial charge in [0.1, 0.15) is 0 Å². The number of nitrogens with one attached hydrogen (secondary N) is 1. The second-order valence-electron chi connectivity index (χ2n) is 4.88. The fraction of sp³-hybridized carbons (Fsp3) is 0.667. The molecular weight excluding hydrogens is 216 g/mol. The minimum atomic E-state index is 0.0540. The Morgan fingerprint density at radius 1 is 1.59 bits per heavy atom. The first-order valence-corrected chi connectivity index (χ1v) is 6.13. The van der Waals surface area contributed by atoms with Gasteiger partial charge >= 0.3 is 0 Å². The molecule has 3 N–H and O–H groups in total. The van der Waals surface area contributed by atoms with Gasteiger partial charge in [0.2, 0.25) is 5.91 Å². The van der Waals surface area contributed by atoms with E-state index in [4.69, 9.17) is 5.73 Å². The summed E-state index contributed by atoms with van der Waals surface area (Å²) in [5.41, 5.74) is 7.67. The van der Waals surface area contributed by atoms with Crippen molar-refractivity contribution >= 4 is 11.6 Å². The zero-order valence-corrected chi connectivity index (χ0v) is 10.4. The third-order valence-electron chi connectivity index (χ3n) is 3.58. The molecule has 0 aromatic carbocycles. The smallest absolute Gasteiger partial charge is 0.227 e. The van der Waals surface area contributed by atoms with Crippen molar-refractivity contribution in [3.05, 3.63) is 11.9 Å². The van der Waals surface area contributed by atoms with Crippen molar-refractivity contribution in [3.8, 4) is 0 Å². The molecule has 1 heterocycles. The fourth-order valence-electron chi connectivity index (χ4n) is 2.32. The van der Waals surface area contributed by atoms with Gasteiger partial charge in [-0.05, 0) is 26.2 Å². The third-order valence-corrected chi connectivity index (χ3v) is 3.58. The molecule has 1 aliphatic rings. The van der Waals surface area contributed by atoms with Crippen LogP contribution in [0.4, 0.5) is 5.69 Å². The molecule has 94 valence electrons. The Morgan fingerprint density at radius 3 is 2.94 bits per heavy atom. The van der Waals surface area contributed by atoms with Crippen LogP contribution in [0, 0.1) is 12.8 Å². The highest BCUT2D eigenvalue weighted by atomic mass is 16.1. The van der Waals surface area contributed by atoms with Crippen LogP contribution in [0.25, 0.3) is 0 Å². The van der Waals surface area contributed by atoms with E-state index in [1.807, 2.05) is 14.0 Å². The molecule has 5 heteroatoms. The van der Waals surface area contributed by atoms with Crippen molar-refractivity contribution in [2.24, 2.45) is 18.7 Å². The number of hydrogen-bond acceptors (Lipinski definition) is 3. The Bertz CT molecular complexity index is 413. The van der Waals surface area contributed by atoms with Crippen LogP contribution >= 0.6 is 0 Å². The molecule has 0 saturated heterocycles. The lowest BCUT2D eigenvalue weighted by Gasteiger charge is -2.25. The van der Waals surface area contributed by atoms with Gasteiger partial charge < -0.3 is 11.1 Å². The number of carbonyl (C=O) groups excluding carboxylic acids is 1. The standard InChI is InChI=1S/C12H20N4O/c1-8-11(7-14-16(8)2)15-12(17)9-4-3-5-10(13)6-9/h7,9-10H,3-6,13H2,1-2H3,(H,15,17). The van der Waals surface area contributed by atoms with Crippen LogP contribution in [0.1, 0.15) is 31.4 Å². The number of anilines is 1. The first-order valence-electron chi connectivity index (χ1n) is 6.13. The topological polar surface area (TPSA) is 72.9 Å². The third kappa shape index (κ3) is 2.66. The summed E-state index contributed by atoms with van der Waals surface area (Å²) < 4.78 is 1.75. The summed E-state index contributed by atoms with van der Waals surface area (Å²) in [6, 6.07) is 0.175. The lowest BCUT2D eigenvalue weighted by Crippen LogP contribution is -2.34. The number of amides is 1. The van der Waals surface area contributed by atoms with E-state index in [9.17, 15) is 4.79 Å². The molecule has 0 aliphatic heterocycles. The van der Waals surface area contributed by atoms with Gasteiger partial charge in [-0.1, -0.05) is 6.42 Å². The van der Waals surface area contributed by atoms with Crippen LogP contribution in [0.5, 0.6) is 0 Å². The predicted octanol–water partition coefficient (Wildman–Crippen LogP) is 1.18. The van der Waals surface area contributed by atoms with E-state index in [2.05, 4.69) is 10.4 Å². The number of aryl methyl sites for hydroxylation is 1. The SMILES string of the molecule is Cc1c(NC(=O)C2CCCC(N)C2)cnn1C. The van der Waals surface area contributed by atoms with Gasteiger partial charge in [0, 0.05) is 19.0 Å². The second kappa shape index (κ2) is 4.87. The summed E-state index contributed by atoms with van der Waals surface area (Å²) in [6.45, 7) is 1.94. The first kappa shape index (κ1) is 12.1. The Kier molecular flexibility index (Phi) is 3.47. The molecule has 2 atom stereocenters. The van der Waals surface area contributed by atoms with Gasteiger partial charge in [-0.15, -0.1) is 0 Å². The number of carbonyl (C=O) groups is 1. The van der Waals surface area contributed by atoms with Crippen LogP contribution in [-0.2, 0) is 11.8 Å². The van der Waals surface area contributed by atoms with E-state index in [1.165, 1.54) is 0 Å². The molecular formula is C12H20N4O. The zero-order valence-electron chi connectivity index (χ0n) is 10.4. The molecule has 2 unspecified atom stereocenters. The van der Waals surface area contributed by atoms with Gasteiger partial charge in [0.05, 0.1) is 17.6 Å². The maximum absolute atomic E-state index is 12.1. The highest BCUT2D eigenvalue weighted by Gasteiger charge is 2.25. The zero-order chi connectivity index (χ0) is 12.4. The largest absolute Gasteiger partial charge is 0.328 e. The maximum Gasteiger partial charge on any atom is 0.227 e. The van der Waals surface area contributed by atoms with Crippen molar-refractivity contribution in [1.29, 1.82) is 0 Å². The summed E-state index contributed by atoms with van der Waals surface area (Å²) in [7, 11) is 1.86. The summed E-state index contributed by atoms with van der Waals surface area (Å²) in [5, 5.41) is 7.05. The van der Waals surface area contributed by atoms with Crippen LogP contribution < -0.4 is 11.1 Å². The summed E-state index contributed by atoms with van der Waals surface area (Å²) in [4.78, 5) is 12.1. The van der Waals surface area contributed by atoms with Crippen LogP contribution in [-0.4, -0.2) is 21.7 Å². The molecule has 5 nitrogen and oxygen atoms in total. The van der Waals surface area contributed by atoms with E-state index in [0.29, 0.717) is 0 Å². The number of rotatable bonds is 2.